The molecule has 3 heteroatoms. The van der Waals surface area contributed by atoms with Crippen molar-refractivity contribution >= 4 is 5.97 Å². The average molecular weight is 206 g/mol. The lowest BCUT2D eigenvalue weighted by Gasteiger charge is -2.04. The summed E-state index contributed by atoms with van der Waals surface area (Å²) in [6.45, 7) is 2.07. The predicted octanol–water partition coefficient (Wildman–Crippen LogP) is 1.84. The van der Waals surface area contributed by atoms with Crippen molar-refractivity contribution in [3.63, 3.8) is 0 Å². The number of esters is 1. The van der Waals surface area contributed by atoms with Gasteiger partial charge in [0.25, 0.3) is 0 Å². The molecule has 0 saturated carbocycles. The second-order valence-corrected chi connectivity index (χ2v) is 2.97. The second-order valence-electron chi connectivity index (χ2n) is 2.97. The normalized spacial score (nSPS) is 12.7. The summed E-state index contributed by atoms with van der Waals surface area (Å²) in [5.41, 5.74) is 0.748. The Morgan fingerprint density at radius 1 is 1.47 bits per heavy atom. The molecule has 0 heterocycles. The maximum atomic E-state index is 11.0. The highest BCUT2D eigenvalue weighted by atomic mass is 16.5. The van der Waals surface area contributed by atoms with Crippen LogP contribution in [0.15, 0.2) is 42.5 Å². The molecule has 0 aliphatic rings. The molecule has 1 unspecified atom stereocenters. The van der Waals surface area contributed by atoms with Gasteiger partial charge in [0.15, 0.2) is 0 Å². The van der Waals surface area contributed by atoms with Crippen molar-refractivity contribution in [3.8, 4) is 0 Å². The third kappa shape index (κ3) is 3.95. The van der Waals surface area contributed by atoms with Gasteiger partial charge in [-0.25, -0.2) is 4.79 Å². The van der Waals surface area contributed by atoms with E-state index in [-0.39, 0.29) is 0 Å². The first-order valence-electron chi connectivity index (χ1n) is 4.82. The van der Waals surface area contributed by atoms with E-state index in [1.54, 1.807) is 19.1 Å². The summed E-state index contributed by atoms with van der Waals surface area (Å²) < 4.78 is 4.69. The molecular formula is C12H14O3. The van der Waals surface area contributed by atoms with Crippen molar-refractivity contribution in [1.29, 1.82) is 0 Å². The van der Waals surface area contributed by atoms with Gasteiger partial charge in [0, 0.05) is 6.08 Å². The van der Waals surface area contributed by atoms with E-state index in [0.29, 0.717) is 6.61 Å². The van der Waals surface area contributed by atoms with Gasteiger partial charge in [0.05, 0.1) is 12.7 Å². The zero-order valence-electron chi connectivity index (χ0n) is 8.59. The van der Waals surface area contributed by atoms with Crippen LogP contribution >= 0.6 is 0 Å². The van der Waals surface area contributed by atoms with Crippen molar-refractivity contribution in [1.82, 2.24) is 0 Å². The third-order valence-corrected chi connectivity index (χ3v) is 1.84. The molecule has 1 N–H and O–H groups in total. The van der Waals surface area contributed by atoms with Gasteiger partial charge in [0.1, 0.15) is 0 Å². The van der Waals surface area contributed by atoms with E-state index in [1.165, 1.54) is 12.2 Å². The monoisotopic (exact) mass is 206 g/mol. The van der Waals surface area contributed by atoms with Gasteiger partial charge < -0.3 is 9.84 Å². The summed E-state index contributed by atoms with van der Waals surface area (Å²) >= 11 is 0. The van der Waals surface area contributed by atoms with Gasteiger partial charge in [-0.3, -0.25) is 0 Å². The molecule has 1 rings (SSSR count). The van der Waals surface area contributed by atoms with E-state index >= 15 is 0 Å². The van der Waals surface area contributed by atoms with Gasteiger partial charge in [-0.1, -0.05) is 30.3 Å². The van der Waals surface area contributed by atoms with Crippen LogP contribution in [0, 0.1) is 0 Å². The standard InChI is InChI=1S/C12H14O3/c1-2-15-12(14)9-8-11(13)10-6-4-3-5-7-10/h3-9,11,13H,2H2,1H3/b9-8+. The smallest absolute Gasteiger partial charge is 0.330 e. The average Bonchev–Trinajstić information content (AvgIpc) is 2.27. The number of aliphatic hydroxyl groups excluding tert-OH is 1. The van der Waals surface area contributed by atoms with Crippen LogP contribution < -0.4 is 0 Å². The fourth-order valence-corrected chi connectivity index (χ4v) is 1.12. The van der Waals surface area contributed by atoms with Crippen LogP contribution in [0.1, 0.15) is 18.6 Å². The first kappa shape index (κ1) is 11.5. The minimum Gasteiger partial charge on any atom is -0.463 e. The minimum atomic E-state index is -0.768. The summed E-state index contributed by atoms with van der Waals surface area (Å²) in [7, 11) is 0. The van der Waals surface area contributed by atoms with E-state index in [4.69, 9.17) is 4.74 Å². The number of carbonyl (C=O) groups excluding carboxylic acids is 1. The summed E-state index contributed by atoms with van der Waals surface area (Å²) in [5, 5.41) is 9.64. The van der Waals surface area contributed by atoms with E-state index in [2.05, 4.69) is 0 Å². The summed E-state index contributed by atoms with van der Waals surface area (Å²) in [4.78, 5) is 11.0. The number of ether oxygens (including phenoxy) is 1. The highest BCUT2D eigenvalue weighted by Gasteiger charge is 2.02. The maximum Gasteiger partial charge on any atom is 0.330 e. The van der Waals surface area contributed by atoms with Crippen molar-refractivity contribution in [2.75, 3.05) is 6.61 Å². The molecule has 3 nitrogen and oxygen atoms in total. The molecule has 15 heavy (non-hydrogen) atoms. The molecule has 0 bridgehead atoms. The van der Waals surface area contributed by atoms with Gasteiger partial charge in [0.2, 0.25) is 0 Å². The largest absolute Gasteiger partial charge is 0.463 e. The van der Waals surface area contributed by atoms with Crippen LogP contribution in [-0.2, 0) is 9.53 Å². The SMILES string of the molecule is CCOC(=O)/C=C/C(O)c1ccccc1. The molecule has 0 saturated heterocycles. The van der Waals surface area contributed by atoms with Crippen LogP contribution in [-0.4, -0.2) is 17.7 Å². The molecule has 1 aromatic carbocycles. The number of rotatable bonds is 4. The van der Waals surface area contributed by atoms with Crippen LogP contribution in [0.2, 0.25) is 0 Å². The van der Waals surface area contributed by atoms with Gasteiger partial charge in [-0.15, -0.1) is 0 Å². The summed E-state index contributed by atoms with van der Waals surface area (Å²) in [6, 6.07) is 9.11. The van der Waals surface area contributed by atoms with Crippen molar-refractivity contribution in [2.45, 2.75) is 13.0 Å². The minimum absolute atomic E-state index is 0.338. The number of benzene rings is 1. The molecule has 0 spiro atoms. The van der Waals surface area contributed by atoms with E-state index in [0.717, 1.165) is 5.56 Å². The first-order valence-corrected chi connectivity index (χ1v) is 4.82. The predicted molar refractivity (Wildman–Crippen MR) is 57.2 cm³/mol. The van der Waals surface area contributed by atoms with Gasteiger partial charge in [-0.05, 0) is 18.6 Å². The molecular weight excluding hydrogens is 192 g/mol. The Morgan fingerprint density at radius 2 is 2.13 bits per heavy atom. The van der Waals surface area contributed by atoms with Crippen molar-refractivity contribution in [2.24, 2.45) is 0 Å². The third-order valence-electron chi connectivity index (χ3n) is 1.84. The van der Waals surface area contributed by atoms with Crippen molar-refractivity contribution < 1.29 is 14.6 Å². The Kier molecular flexibility index (Phi) is 4.57. The fraction of sp³-hybridized carbons (Fsp3) is 0.250. The lowest BCUT2D eigenvalue weighted by Crippen LogP contribution is -2.00. The van der Waals surface area contributed by atoms with Crippen molar-refractivity contribution in [3.05, 3.63) is 48.0 Å². The molecule has 0 aromatic heterocycles. The topological polar surface area (TPSA) is 46.5 Å². The molecule has 0 amide bonds. The van der Waals surface area contributed by atoms with E-state index < -0.39 is 12.1 Å². The first-order chi connectivity index (χ1) is 7.24. The lowest BCUT2D eigenvalue weighted by atomic mass is 10.1. The molecule has 1 aromatic rings. The zero-order valence-corrected chi connectivity index (χ0v) is 8.59. The van der Waals surface area contributed by atoms with Gasteiger partial charge in [-0.2, -0.15) is 0 Å². The molecule has 0 radical (unpaired) electrons. The Labute approximate surface area is 89.0 Å². The van der Waals surface area contributed by atoms with Crippen LogP contribution in [0.3, 0.4) is 0 Å². The number of hydrogen-bond acceptors (Lipinski definition) is 3. The highest BCUT2D eigenvalue weighted by molar-refractivity contribution is 5.81. The van der Waals surface area contributed by atoms with E-state index in [9.17, 15) is 9.90 Å². The number of carbonyl (C=O) groups is 1. The van der Waals surface area contributed by atoms with Gasteiger partial charge >= 0.3 is 5.97 Å². The number of aliphatic hydroxyl groups is 1. The van der Waals surface area contributed by atoms with Crippen LogP contribution in [0.25, 0.3) is 0 Å². The quantitative estimate of drug-likeness (QED) is 0.604. The Morgan fingerprint density at radius 3 is 2.73 bits per heavy atom. The Balaban J connectivity index is 2.56. The molecule has 0 fully saturated rings. The lowest BCUT2D eigenvalue weighted by molar-refractivity contribution is -0.137. The maximum absolute atomic E-state index is 11.0. The molecule has 0 aliphatic heterocycles. The second kappa shape index (κ2) is 5.98. The van der Waals surface area contributed by atoms with Crippen LogP contribution in [0.4, 0.5) is 0 Å². The molecule has 0 aliphatic carbocycles. The summed E-state index contributed by atoms with van der Waals surface area (Å²) in [6.07, 6.45) is 1.88. The Hall–Kier alpha value is -1.61. The molecule has 1 atom stereocenters. The zero-order chi connectivity index (χ0) is 11.1. The fourth-order valence-electron chi connectivity index (χ4n) is 1.12. The summed E-state index contributed by atoms with van der Waals surface area (Å²) in [5.74, 6) is -0.438. The Bertz CT molecular complexity index is 330. The molecule has 80 valence electrons. The van der Waals surface area contributed by atoms with Crippen LogP contribution in [0.5, 0.6) is 0 Å². The number of hydrogen-bond donors (Lipinski definition) is 1. The van der Waals surface area contributed by atoms with E-state index in [1.807, 2.05) is 18.2 Å². The highest BCUT2D eigenvalue weighted by Crippen LogP contribution is 2.12.